The Kier molecular flexibility index (Phi) is 1.95. The lowest BCUT2D eigenvalue weighted by Crippen LogP contribution is -1.86. The fourth-order valence-electron chi connectivity index (χ4n) is 1.87. The molecule has 3 nitrogen and oxygen atoms in total. The first-order chi connectivity index (χ1) is 7.34. The van der Waals surface area contributed by atoms with Crippen molar-refractivity contribution in [1.82, 2.24) is 5.16 Å². The van der Waals surface area contributed by atoms with E-state index >= 15 is 0 Å². The maximum absolute atomic E-state index is 5.55. The molecule has 2 heterocycles. The van der Waals surface area contributed by atoms with Crippen LogP contribution in [0.2, 0.25) is 0 Å². The monoisotopic (exact) mass is 218 g/mol. The van der Waals surface area contributed by atoms with Gasteiger partial charge >= 0.3 is 0 Å². The third-order valence-electron chi connectivity index (χ3n) is 2.54. The van der Waals surface area contributed by atoms with Crippen molar-refractivity contribution in [1.29, 1.82) is 0 Å². The Labute approximate surface area is 91.6 Å². The van der Waals surface area contributed by atoms with Gasteiger partial charge in [0.25, 0.3) is 0 Å². The van der Waals surface area contributed by atoms with Crippen LogP contribution in [-0.4, -0.2) is 10.9 Å². The van der Waals surface area contributed by atoms with E-state index in [-0.39, 0.29) is 0 Å². The number of nitrogens with two attached hydrogens (primary N) is 1. The van der Waals surface area contributed by atoms with Gasteiger partial charge in [-0.25, -0.2) is 0 Å². The molecule has 3 rings (SSSR count). The zero-order chi connectivity index (χ0) is 10.3. The quantitative estimate of drug-likeness (QED) is 0.799. The number of nitrogen functional groups attached to an aromatic ring is 1. The second kappa shape index (κ2) is 3.31. The second-order valence-electron chi connectivity index (χ2n) is 3.50. The second-order valence-corrected chi connectivity index (χ2v) is 4.63. The Morgan fingerprint density at radius 1 is 1.40 bits per heavy atom. The third-order valence-corrected chi connectivity index (χ3v) is 3.64. The van der Waals surface area contributed by atoms with Gasteiger partial charge in [-0.15, -0.1) is 11.8 Å². The van der Waals surface area contributed by atoms with Crippen LogP contribution >= 0.6 is 11.8 Å². The molecule has 0 fully saturated rings. The maximum atomic E-state index is 5.55. The largest absolute Gasteiger partial charge is 0.381 e. The smallest absolute Gasteiger partial charge is 0.169 e. The van der Waals surface area contributed by atoms with Crippen molar-refractivity contribution in [2.75, 3.05) is 11.5 Å². The van der Waals surface area contributed by atoms with E-state index in [1.807, 2.05) is 17.8 Å². The summed E-state index contributed by atoms with van der Waals surface area (Å²) in [5.41, 5.74) is 8.04. The van der Waals surface area contributed by atoms with Crippen LogP contribution in [0.1, 0.15) is 5.56 Å². The van der Waals surface area contributed by atoms with Crippen molar-refractivity contribution in [3.63, 3.8) is 0 Å². The van der Waals surface area contributed by atoms with E-state index in [4.69, 9.17) is 10.3 Å². The van der Waals surface area contributed by atoms with Crippen LogP contribution in [0.15, 0.2) is 33.7 Å². The third kappa shape index (κ3) is 1.41. The first-order valence-electron chi connectivity index (χ1n) is 4.82. The Balaban J connectivity index is 2.16. The predicted octanol–water partition coefficient (Wildman–Crippen LogP) is 2.57. The van der Waals surface area contributed by atoms with Crippen molar-refractivity contribution < 1.29 is 4.52 Å². The number of benzene rings is 1. The zero-order valence-electron chi connectivity index (χ0n) is 8.06. The highest BCUT2D eigenvalue weighted by molar-refractivity contribution is 7.99. The van der Waals surface area contributed by atoms with Crippen LogP contribution in [0.25, 0.3) is 11.3 Å². The average Bonchev–Trinajstić information content (AvgIpc) is 2.84. The summed E-state index contributed by atoms with van der Waals surface area (Å²) in [6.07, 6.45) is 1.09. The Morgan fingerprint density at radius 2 is 2.33 bits per heavy atom. The molecule has 0 spiro atoms. The molecule has 0 amide bonds. The van der Waals surface area contributed by atoms with Crippen LogP contribution in [0.5, 0.6) is 0 Å². The summed E-state index contributed by atoms with van der Waals surface area (Å²) in [5, 5.41) is 3.71. The number of rotatable bonds is 1. The molecular formula is C11H10N2OS. The summed E-state index contributed by atoms with van der Waals surface area (Å²) in [4.78, 5) is 1.35. The number of hydrogen-bond acceptors (Lipinski definition) is 4. The highest BCUT2D eigenvalue weighted by Crippen LogP contribution is 2.37. The molecule has 2 aromatic rings. The van der Waals surface area contributed by atoms with Crippen LogP contribution in [0.3, 0.4) is 0 Å². The molecule has 76 valence electrons. The molecule has 0 radical (unpaired) electrons. The Bertz CT molecular complexity index is 507. The van der Waals surface area contributed by atoms with Gasteiger partial charge < -0.3 is 10.3 Å². The highest BCUT2D eigenvalue weighted by Gasteiger charge is 2.18. The minimum Gasteiger partial charge on any atom is -0.381 e. The van der Waals surface area contributed by atoms with E-state index in [0.717, 1.165) is 23.5 Å². The lowest BCUT2D eigenvalue weighted by molar-refractivity contribution is 0.435. The van der Waals surface area contributed by atoms with E-state index in [9.17, 15) is 0 Å². The Hall–Kier alpha value is -1.42. The van der Waals surface area contributed by atoms with Crippen LogP contribution in [0.4, 0.5) is 5.82 Å². The minimum absolute atomic E-state index is 0.438. The summed E-state index contributed by atoms with van der Waals surface area (Å²) in [6, 6.07) is 8.03. The fraction of sp³-hybridized carbons (Fsp3) is 0.182. The van der Waals surface area contributed by atoms with E-state index in [1.165, 1.54) is 10.5 Å². The molecule has 0 bridgehead atoms. The molecule has 1 aromatic carbocycles. The van der Waals surface area contributed by atoms with Crippen molar-refractivity contribution in [2.45, 2.75) is 11.3 Å². The van der Waals surface area contributed by atoms with E-state index in [1.54, 1.807) is 6.07 Å². The molecule has 0 saturated carbocycles. The molecular weight excluding hydrogens is 208 g/mol. The van der Waals surface area contributed by atoms with Gasteiger partial charge in [0, 0.05) is 22.3 Å². The maximum Gasteiger partial charge on any atom is 0.169 e. The summed E-state index contributed by atoms with van der Waals surface area (Å²) in [7, 11) is 0. The van der Waals surface area contributed by atoms with Gasteiger partial charge in [0.15, 0.2) is 11.6 Å². The normalized spacial score (nSPS) is 14.1. The number of hydrogen-bond donors (Lipinski definition) is 1. The zero-order valence-corrected chi connectivity index (χ0v) is 8.88. The summed E-state index contributed by atoms with van der Waals surface area (Å²) < 4.78 is 5.19. The first kappa shape index (κ1) is 8.85. The molecule has 1 aromatic heterocycles. The predicted molar refractivity (Wildman–Crippen MR) is 60.8 cm³/mol. The van der Waals surface area contributed by atoms with Gasteiger partial charge in [0.1, 0.15) is 0 Å². The topological polar surface area (TPSA) is 52.0 Å². The van der Waals surface area contributed by atoms with Gasteiger partial charge in [0.05, 0.1) is 0 Å². The van der Waals surface area contributed by atoms with Crippen LogP contribution in [0, 0.1) is 0 Å². The number of anilines is 1. The number of thioether (sulfide) groups is 1. The van der Waals surface area contributed by atoms with Crippen molar-refractivity contribution in [3.8, 4) is 11.3 Å². The van der Waals surface area contributed by atoms with Gasteiger partial charge in [-0.2, -0.15) is 0 Å². The van der Waals surface area contributed by atoms with E-state index in [0.29, 0.717) is 5.82 Å². The van der Waals surface area contributed by atoms with Gasteiger partial charge in [-0.1, -0.05) is 17.3 Å². The molecule has 1 aliphatic rings. The highest BCUT2D eigenvalue weighted by atomic mass is 32.2. The standard InChI is InChI=1S/C11H10N2OS/c12-11-6-9(14-13-11)7-2-1-3-10-8(7)4-5-15-10/h1-3,6H,4-5H2,(H2,12,13). The van der Waals surface area contributed by atoms with E-state index < -0.39 is 0 Å². The summed E-state index contributed by atoms with van der Waals surface area (Å²) in [5.74, 6) is 2.36. The molecule has 4 heteroatoms. The lowest BCUT2D eigenvalue weighted by Gasteiger charge is -2.02. The lowest BCUT2D eigenvalue weighted by atomic mass is 10.0. The van der Waals surface area contributed by atoms with Crippen molar-refractivity contribution >= 4 is 17.6 Å². The van der Waals surface area contributed by atoms with E-state index in [2.05, 4.69) is 17.3 Å². The average molecular weight is 218 g/mol. The molecule has 2 N–H and O–H groups in total. The number of nitrogens with zero attached hydrogens (tertiary/aromatic N) is 1. The number of aromatic nitrogens is 1. The summed E-state index contributed by atoms with van der Waals surface area (Å²) in [6.45, 7) is 0. The summed E-state index contributed by atoms with van der Waals surface area (Å²) >= 11 is 1.89. The number of fused-ring (bicyclic) bond motifs is 1. The molecule has 15 heavy (non-hydrogen) atoms. The van der Waals surface area contributed by atoms with Crippen molar-refractivity contribution in [2.24, 2.45) is 0 Å². The molecule has 0 saturated heterocycles. The van der Waals surface area contributed by atoms with Crippen LogP contribution in [-0.2, 0) is 6.42 Å². The fourth-order valence-corrected chi connectivity index (χ4v) is 2.96. The van der Waals surface area contributed by atoms with Crippen LogP contribution < -0.4 is 5.73 Å². The van der Waals surface area contributed by atoms with Gasteiger partial charge in [-0.05, 0) is 18.1 Å². The Morgan fingerprint density at radius 3 is 3.13 bits per heavy atom. The van der Waals surface area contributed by atoms with Crippen molar-refractivity contribution in [3.05, 3.63) is 29.8 Å². The first-order valence-corrected chi connectivity index (χ1v) is 5.80. The molecule has 0 atom stereocenters. The molecule has 0 aliphatic carbocycles. The minimum atomic E-state index is 0.438. The van der Waals surface area contributed by atoms with Gasteiger partial charge in [-0.3, -0.25) is 0 Å². The molecule has 1 aliphatic heterocycles. The van der Waals surface area contributed by atoms with Gasteiger partial charge in [0.2, 0.25) is 0 Å². The SMILES string of the molecule is Nc1cc(-c2cccc3c2CCS3)on1. The molecule has 0 unspecified atom stereocenters.